The van der Waals surface area contributed by atoms with Gasteiger partial charge in [-0.2, -0.15) is 0 Å². The molecular weight excluding hydrogens is 426 g/mol. The molecule has 0 spiro atoms. The molecule has 7 nitrogen and oxygen atoms in total. The van der Waals surface area contributed by atoms with Crippen LogP contribution in [-0.2, 0) is 16.4 Å². The van der Waals surface area contributed by atoms with E-state index in [-0.39, 0.29) is 28.8 Å². The van der Waals surface area contributed by atoms with Crippen molar-refractivity contribution >= 4 is 15.8 Å². The second-order valence-corrected chi connectivity index (χ2v) is 10.6. The van der Waals surface area contributed by atoms with E-state index >= 15 is 0 Å². The van der Waals surface area contributed by atoms with Gasteiger partial charge < -0.3 is 5.11 Å². The number of carbonyl (C=O) groups is 1. The van der Waals surface area contributed by atoms with Gasteiger partial charge in [-0.15, -0.1) is 0 Å². The summed E-state index contributed by atoms with van der Waals surface area (Å²) in [5.74, 6) is 0.757. The number of rotatable bonds is 7. The van der Waals surface area contributed by atoms with E-state index in [2.05, 4.69) is 16.9 Å². The predicted octanol–water partition coefficient (Wildman–Crippen LogP) is 3.25. The van der Waals surface area contributed by atoms with Crippen LogP contribution in [0.4, 0.5) is 0 Å². The molecule has 2 aromatic heterocycles. The summed E-state index contributed by atoms with van der Waals surface area (Å²) in [6.07, 6.45) is 8.17. The molecule has 1 aromatic carbocycles. The molecular formula is C24H27N3O4S. The fourth-order valence-corrected chi connectivity index (χ4v) is 5.72. The zero-order chi connectivity index (χ0) is 22.9. The summed E-state index contributed by atoms with van der Waals surface area (Å²) >= 11 is 0. The highest BCUT2D eigenvalue weighted by Gasteiger charge is 2.32. The van der Waals surface area contributed by atoms with Crippen molar-refractivity contribution in [2.75, 3.05) is 6.61 Å². The molecule has 32 heavy (non-hydrogen) atoms. The fourth-order valence-electron chi connectivity index (χ4n) is 4.52. The number of aryl methyl sites for hydroxylation is 1. The highest BCUT2D eigenvalue weighted by atomic mass is 32.2. The van der Waals surface area contributed by atoms with E-state index in [9.17, 15) is 18.3 Å². The summed E-state index contributed by atoms with van der Waals surface area (Å²) in [5, 5.41) is 9.54. The summed E-state index contributed by atoms with van der Waals surface area (Å²) in [6, 6.07) is 8.09. The number of hydrogen-bond donors (Lipinski definition) is 1. The highest BCUT2D eigenvalue weighted by molar-refractivity contribution is 7.90. The molecule has 3 aromatic rings. The van der Waals surface area contributed by atoms with Crippen molar-refractivity contribution in [1.82, 2.24) is 13.9 Å². The molecule has 1 aliphatic rings. The number of carbonyl (C=O) groups excluding carboxylic acids is 1. The Kier molecular flexibility index (Phi) is 6.26. The third kappa shape index (κ3) is 4.38. The summed E-state index contributed by atoms with van der Waals surface area (Å²) in [4.78, 5) is 21.8. The Labute approximate surface area is 188 Å². The van der Waals surface area contributed by atoms with Crippen molar-refractivity contribution in [2.24, 2.45) is 17.8 Å². The first-order valence-corrected chi connectivity index (χ1v) is 12.2. The molecule has 1 saturated carbocycles. The molecule has 3 atom stereocenters. The van der Waals surface area contributed by atoms with Gasteiger partial charge in [0.05, 0.1) is 16.2 Å². The first kappa shape index (κ1) is 22.4. The zero-order valence-electron chi connectivity index (χ0n) is 18.2. The average Bonchev–Trinajstić information content (AvgIpc) is 3.41. The van der Waals surface area contributed by atoms with Crippen LogP contribution in [0.15, 0.2) is 60.1 Å². The van der Waals surface area contributed by atoms with Crippen LogP contribution >= 0.6 is 0 Å². The fraction of sp³-hybridized carbons (Fsp3) is 0.375. The zero-order valence-corrected chi connectivity index (χ0v) is 19.0. The molecule has 1 N–H and O–H groups in total. The molecule has 0 radical (unpaired) electrons. The summed E-state index contributed by atoms with van der Waals surface area (Å²) in [7, 11) is -3.79. The van der Waals surface area contributed by atoms with Crippen molar-refractivity contribution < 1.29 is 18.3 Å². The third-order valence-electron chi connectivity index (χ3n) is 6.43. The monoisotopic (exact) mass is 453 g/mol. The molecule has 0 aliphatic heterocycles. The lowest BCUT2D eigenvalue weighted by atomic mass is 9.95. The lowest BCUT2D eigenvalue weighted by Gasteiger charge is -2.12. The van der Waals surface area contributed by atoms with Crippen LogP contribution < -0.4 is 0 Å². The smallest absolute Gasteiger partial charge is 0.267 e. The van der Waals surface area contributed by atoms with E-state index in [1.165, 1.54) is 31.0 Å². The highest BCUT2D eigenvalue weighted by Crippen LogP contribution is 2.37. The minimum absolute atomic E-state index is 0.162. The molecule has 4 rings (SSSR count). The normalized spacial score (nSPS) is 21.0. The molecule has 1 fully saturated rings. The van der Waals surface area contributed by atoms with Gasteiger partial charge in [0.15, 0.2) is 5.78 Å². The second kappa shape index (κ2) is 8.96. The van der Waals surface area contributed by atoms with Crippen molar-refractivity contribution in [2.45, 2.75) is 38.0 Å². The van der Waals surface area contributed by atoms with Gasteiger partial charge in [-0.1, -0.05) is 24.6 Å². The van der Waals surface area contributed by atoms with Gasteiger partial charge in [0.25, 0.3) is 10.0 Å². The Morgan fingerprint density at radius 1 is 1.19 bits per heavy atom. The minimum Gasteiger partial charge on any atom is -0.396 e. The molecule has 168 valence electrons. The summed E-state index contributed by atoms with van der Waals surface area (Å²) in [6.45, 7) is 4.21. The van der Waals surface area contributed by atoms with Crippen LogP contribution in [0.3, 0.4) is 0 Å². The van der Waals surface area contributed by atoms with Crippen molar-refractivity contribution in [3.05, 3.63) is 77.6 Å². The first-order chi connectivity index (χ1) is 15.3. The van der Waals surface area contributed by atoms with Gasteiger partial charge in [0.1, 0.15) is 6.33 Å². The Balaban J connectivity index is 1.57. The number of nitrogens with zero attached hydrogens (tertiary/aromatic N) is 3. The summed E-state index contributed by atoms with van der Waals surface area (Å²) in [5.41, 5.74) is 2.28. The van der Waals surface area contributed by atoms with Gasteiger partial charge in [0.2, 0.25) is 0 Å². The van der Waals surface area contributed by atoms with E-state index in [1.54, 1.807) is 24.3 Å². The van der Waals surface area contributed by atoms with Gasteiger partial charge >= 0.3 is 0 Å². The molecule has 0 bridgehead atoms. The van der Waals surface area contributed by atoms with Gasteiger partial charge in [0, 0.05) is 30.8 Å². The Bertz CT molecular complexity index is 1220. The van der Waals surface area contributed by atoms with E-state index < -0.39 is 10.0 Å². The maximum Gasteiger partial charge on any atom is 0.267 e. The predicted molar refractivity (Wildman–Crippen MR) is 120 cm³/mol. The van der Waals surface area contributed by atoms with Gasteiger partial charge in [-0.3, -0.25) is 4.79 Å². The Morgan fingerprint density at radius 3 is 2.62 bits per heavy atom. The van der Waals surface area contributed by atoms with Crippen LogP contribution in [0.2, 0.25) is 0 Å². The van der Waals surface area contributed by atoms with Gasteiger partial charge in [-0.05, 0) is 62.1 Å². The number of ketones is 1. The van der Waals surface area contributed by atoms with Crippen molar-refractivity contribution in [3.63, 3.8) is 0 Å². The third-order valence-corrected chi connectivity index (χ3v) is 8.08. The number of benzene rings is 1. The van der Waals surface area contributed by atoms with Crippen molar-refractivity contribution in [3.8, 4) is 0 Å². The molecule has 2 heterocycles. The number of aliphatic hydroxyl groups is 1. The number of aliphatic hydroxyl groups excluding tert-OH is 1. The van der Waals surface area contributed by atoms with Crippen LogP contribution in [-0.4, -0.2) is 39.9 Å². The maximum absolute atomic E-state index is 13.2. The molecule has 0 saturated heterocycles. The Morgan fingerprint density at radius 2 is 1.94 bits per heavy atom. The number of aromatic nitrogens is 3. The van der Waals surface area contributed by atoms with E-state index in [1.807, 2.05) is 6.92 Å². The molecule has 0 amide bonds. The molecule has 1 aliphatic carbocycles. The lowest BCUT2D eigenvalue weighted by Crippen LogP contribution is -2.13. The van der Waals surface area contributed by atoms with Crippen molar-refractivity contribution in [1.29, 1.82) is 0 Å². The maximum atomic E-state index is 13.2. The van der Waals surface area contributed by atoms with Crippen LogP contribution in [0.5, 0.6) is 0 Å². The largest absolute Gasteiger partial charge is 0.396 e. The van der Waals surface area contributed by atoms with Crippen LogP contribution in [0, 0.1) is 24.7 Å². The topological polar surface area (TPSA) is 102 Å². The van der Waals surface area contributed by atoms with Crippen LogP contribution in [0.1, 0.15) is 46.9 Å². The van der Waals surface area contributed by atoms with Gasteiger partial charge in [-0.25, -0.2) is 22.4 Å². The molecule has 0 unspecified atom stereocenters. The van der Waals surface area contributed by atoms with E-state index in [0.717, 1.165) is 22.4 Å². The molecule has 8 heteroatoms. The average molecular weight is 454 g/mol. The van der Waals surface area contributed by atoms with E-state index in [4.69, 9.17) is 0 Å². The second-order valence-electron chi connectivity index (χ2n) is 8.72. The standard InChI is InChI=1S/C24H27N3O4S/c1-16-3-5-21(6-4-16)32(30,31)27-8-7-19(13-27)24(29)22-12-25-15-26-23(22)11-18-9-17(2)20(10-18)14-28/h3-8,12-13,15,17-18,20,28H,9-11,14H2,1-2H3/t17-,18-,20+/m0/s1. The SMILES string of the molecule is Cc1ccc(S(=O)(=O)n2ccc(C(=O)c3cncnc3C[C@@H]3C[C@H](CO)[C@@H](C)C3)c2)cc1. The number of hydrogen-bond acceptors (Lipinski definition) is 6. The Hall–Kier alpha value is -2.84. The quantitative estimate of drug-likeness (QED) is 0.551. The van der Waals surface area contributed by atoms with Crippen LogP contribution in [0.25, 0.3) is 0 Å². The lowest BCUT2D eigenvalue weighted by molar-refractivity contribution is 0.103. The van der Waals surface area contributed by atoms with E-state index in [0.29, 0.717) is 29.5 Å². The minimum atomic E-state index is -3.79. The first-order valence-electron chi connectivity index (χ1n) is 10.7. The summed E-state index contributed by atoms with van der Waals surface area (Å²) < 4.78 is 26.9.